The van der Waals surface area contributed by atoms with E-state index in [0.29, 0.717) is 23.1 Å². The Balaban J connectivity index is 0.00000267. The minimum absolute atomic E-state index is 0. The fourth-order valence-corrected chi connectivity index (χ4v) is 4.71. The average molecular weight is 577 g/mol. The van der Waals surface area contributed by atoms with Crippen LogP contribution in [-0.4, -0.2) is 59.3 Å². The second kappa shape index (κ2) is 14.3. The lowest BCUT2D eigenvalue weighted by molar-refractivity contribution is 0.0903. The number of hydrogen-bond acceptors (Lipinski definition) is 6. The Morgan fingerprint density at radius 3 is 2.38 bits per heavy atom. The average Bonchev–Trinajstić information content (AvgIpc) is 2.86. The van der Waals surface area contributed by atoms with Gasteiger partial charge in [0.05, 0.1) is 0 Å². The molecule has 9 heteroatoms. The summed E-state index contributed by atoms with van der Waals surface area (Å²) in [6.45, 7) is 11.8. The maximum absolute atomic E-state index is 13.1. The van der Waals surface area contributed by atoms with Crippen molar-refractivity contribution in [1.82, 2.24) is 10.2 Å². The first kappa shape index (κ1) is 32.1. The van der Waals surface area contributed by atoms with Crippen molar-refractivity contribution in [2.45, 2.75) is 39.8 Å². The molecule has 7 nitrogen and oxygen atoms in total. The van der Waals surface area contributed by atoms with Crippen LogP contribution < -0.4 is 15.0 Å². The standard InChI is InChI=1S/C30H37N3O4.2ClH/c1-20(2)27(19-32-14-15-33(22(4)18-32)24-6-5-7-25(34)17-24)31-30(36)23-9-11-26(12-10-23)37-29-16-21(3)8-13-28(29)35;;/h5-13,16-17,20,22,27,34-35H,14-15,18-19H2,1-4H3,(H,31,36);2*1H/t22-,27+;;/m0../s1. The lowest BCUT2D eigenvalue weighted by atomic mass is 10.0. The van der Waals surface area contributed by atoms with Gasteiger partial charge >= 0.3 is 0 Å². The molecule has 2 atom stereocenters. The molecule has 212 valence electrons. The van der Waals surface area contributed by atoms with E-state index in [-0.39, 0.29) is 54.2 Å². The van der Waals surface area contributed by atoms with E-state index in [4.69, 9.17) is 4.74 Å². The number of anilines is 1. The van der Waals surface area contributed by atoms with Crippen LogP contribution in [-0.2, 0) is 0 Å². The molecule has 0 unspecified atom stereocenters. The van der Waals surface area contributed by atoms with Gasteiger partial charge in [0.2, 0.25) is 0 Å². The van der Waals surface area contributed by atoms with Crippen LogP contribution in [0.15, 0.2) is 66.7 Å². The Morgan fingerprint density at radius 1 is 1.03 bits per heavy atom. The zero-order valence-corrected chi connectivity index (χ0v) is 24.5. The Labute approximate surface area is 243 Å². The second-order valence-electron chi connectivity index (χ2n) is 10.2. The number of carbonyl (C=O) groups is 1. The van der Waals surface area contributed by atoms with Crippen molar-refractivity contribution in [3.8, 4) is 23.0 Å². The summed E-state index contributed by atoms with van der Waals surface area (Å²) in [5.41, 5.74) is 2.58. The highest BCUT2D eigenvalue weighted by atomic mass is 35.5. The Kier molecular flexibility index (Phi) is 11.8. The Hall–Kier alpha value is -3.13. The normalized spacial score (nSPS) is 16.1. The number of rotatable bonds is 8. The first-order chi connectivity index (χ1) is 17.7. The van der Waals surface area contributed by atoms with Gasteiger partial charge in [-0.05, 0) is 73.9 Å². The number of benzene rings is 3. The largest absolute Gasteiger partial charge is 0.508 e. The van der Waals surface area contributed by atoms with Crippen molar-refractivity contribution < 1.29 is 19.7 Å². The monoisotopic (exact) mass is 575 g/mol. The Morgan fingerprint density at radius 2 is 1.74 bits per heavy atom. The number of hydrogen-bond donors (Lipinski definition) is 3. The molecule has 1 aliphatic rings. The Bertz CT molecular complexity index is 1220. The summed E-state index contributed by atoms with van der Waals surface area (Å²) in [6, 6.07) is 19.9. The van der Waals surface area contributed by atoms with Gasteiger partial charge in [0.1, 0.15) is 11.5 Å². The molecule has 3 aromatic rings. The van der Waals surface area contributed by atoms with Crippen LogP contribution in [0, 0.1) is 12.8 Å². The number of nitrogens with zero attached hydrogens (tertiary/aromatic N) is 2. The summed E-state index contributed by atoms with van der Waals surface area (Å²) in [4.78, 5) is 17.8. The van der Waals surface area contributed by atoms with E-state index in [0.717, 1.165) is 37.4 Å². The zero-order valence-electron chi connectivity index (χ0n) is 22.8. The van der Waals surface area contributed by atoms with Gasteiger partial charge in [-0.3, -0.25) is 9.69 Å². The number of phenols is 2. The van der Waals surface area contributed by atoms with Gasteiger partial charge in [-0.15, -0.1) is 24.8 Å². The van der Waals surface area contributed by atoms with Crippen LogP contribution in [0.4, 0.5) is 5.69 Å². The summed E-state index contributed by atoms with van der Waals surface area (Å²) >= 11 is 0. The number of aryl methyl sites for hydroxylation is 1. The third-order valence-electron chi connectivity index (χ3n) is 6.91. The van der Waals surface area contributed by atoms with Crippen molar-refractivity contribution in [3.63, 3.8) is 0 Å². The molecule has 0 bridgehead atoms. The molecule has 0 radical (unpaired) electrons. The fourth-order valence-electron chi connectivity index (χ4n) is 4.71. The molecule has 1 saturated heterocycles. The van der Waals surface area contributed by atoms with Crippen LogP contribution in [0.1, 0.15) is 36.7 Å². The maximum atomic E-state index is 13.1. The molecule has 0 spiro atoms. The summed E-state index contributed by atoms with van der Waals surface area (Å²) < 4.78 is 5.80. The molecule has 3 aromatic carbocycles. The lowest BCUT2D eigenvalue weighted by Gasteiger charge is -2.42. The molecule has 1 amide bonds. The summed E-state index contributed by atoms with van der Waals surface area (Å²) in [5, 5.41) is 23.1. The van der Waals surface area contributed by atoms with Crippen LogP contribution in [0.2, 0.25) is 0 Å². The van der Waals surface area contributed by atoms with Gasteiger partial charge in [-0.25, -0.2) is 0 Å². The van der Waals surface area contributed by atoms with Crippen LogP contribution >= 0.6 is 24.8 Å². The molecule has 4 rings (SSSR count). The van der Waals surface area contributed by atoms with Gasteiger partial charge in [0, 0.05) is 55.6 Å². The summed E-state index contributed by atoms with van der Waals surface area (Å²) in [7, 11) is 0. The highest BCUT2D eigenvalue weighted by molar-refractivity contribution is 5.94. The highest BCUT2D eigenvalue weighted by Gasteiger charge is 2.27. The minimum atomic E-state index is -0.116. The molecular formula is C30H39Cl2N3O4. The quantitative estimate of drug-likeness (QED) is 0.305. The van der Waals surface area contributed by atoms with E-state index < -0.39 is 0 Å². The molecule has 3 N–H and O–H groups in total. The van der Waals surface area contributed by atoms with Gasteiger partial charge in [0.25, 0.3) is 5.91 Å². The lowest BCUT2D eigenvalue weighted by Crippen LogP contribution is -2.56. The predicted octanol–water partition coefficient (Wildman–Crippen LogP) is 6.01. The molecule has 39 heavy (non-hydrogen) atoms. The maximum Gasteiger partial charge on any atom is 0.251 e. The van der Waals surface area contributed by atoms with Crippen molar-refractivity contribution in [1.29, 1.82) is 0 Å². The number of nitrogens with one attached hydrogen (secondary N) is 1. The van der Waals surface area contributed by atoms with Crippen molar-refractivity contribution in [3.05, 3.63) is 77.9 Å². The second-order valence-corrected chi connectivity index (χ2v) is 10.2. The molecule has 1 heterocycles. The number of phenolic OH excluding ortho intramolecular Hbond substituents is 2. The molecule has 0 saturated carbocycles. The number of amides is 1. The molecular weight excluding hydrogens is 537 g/mol. The number of piperazine rings is 1. The van der Waals surface area contributed by atoms with Gasteiger partial charge in [-0.1, -0.05) is 26.0 Å². The van der Waals surface area contributed by atoms with Crippen LogP contribution in [0.3, 0.4) is 0 Å². The van der Waals surface area contributed by atoms with Crippen LogP contribution in [0.25, 0.3) is 0 Å². The minimum Gasteiger partial charge on any atom is -0.508 e. The van der Waals surface area contributed by atoms with E-state index in [1.54, 1.807) is 42.5 Å². The number of aromatic hydroxyl groups is 2. The van der Waals surface area contributed by atoms with Gasteiger partial charge < -0.3 is 25.2 Å². The van der Waals surface area contributed by atoms with Crippen molar-refractivity contribution >= 4 is 36.4 Å². The zero-order chi connectivity index (χ0) is 26.5. The fraction of sp³-hybridized carbons (Fsp3) is 0.367. The van der Waals surface area contributed by atoms with Crippen LogP contribution in [0.5, 0.6) is 23.0 Å². The van der Waals surface area contributed by atoms with Gasteiger partial charge in [0.15, 0.2) is 11.5 Å². The summed E-state index contributed by atoms with van der Waals surface area (Å²) in [6.07, 6.45) is 0. The molecule has 0 aromatic heterocycles. The third-order valence-corrected chi connectivity index (χ3v) is 6.91. The van der Waals surface area contributed by atoms with E-state index >= 15 is 0 Å². The first-order valence-electron chi connectivity index (χ1n) is 12.9. The smallest absolute Gasteiger partial charge is 0.251 e. The third kappa shape index (κ3) is 8.43. The van der Waals surface area contributed by atoms with E-state index in [1.165, 1.54) is 0 Å². The summed E-state index contributed by atoms with van der Waals surface area (Å²) in [5.74, 6) is 1.45. The molecule has 1 fully saturated rings. The van der Waals surface area contributed by atoms with Gasteiger partial charge in [-0.2, -0.15) is 0 Å². The SMILES string of the molecule is Cc1ccc(O)c(Oc2ccc(C(=O)N[C@H](CN3CCN(c4cccc(O)c4)[C@@H](C)C3)C(C)C)cc2)c1.Cl.Cl. The predicted molar refractivity (Wildman–Crippen MR) is 161 cm³/mol. The topological polar surface area (TPSA) is 85.3 Å². The van der Waals surface area contributed by atoms with E-state index in [9.17, 15) is 15.0 Å². The number of ether oxygens (including phenoxy) is 1. The number of halogens is 2. The van der Waals surface area contributed by atoms with E-state index in [2.05, 4.69) is 35.9 Å². The molecule has 1 aliphatic heterocycles. The number of carbonyl (C=O) groups excluding carboxylic acids is 1. The van der Waals surface area contributed by atoms with E-state index in [1.807, 2.05) is 31.2 Å². The van der Waals surface area contributed by atoms with Crippen molar-refractivity contribution in [2.75, 3.05) is 31.1 Å². The first-order valence-corrected chi connectivity index (χ1v) is 12.9. The molecule has 0 aliphatic carbocycles. The van der Waals surface area contributed by atoms with Crippen molar-refractivity contribution in [2.24, 2.45) is 5.92 Å². The highest BCUT2D eigenvalue weighted by Crippen LogP contribution is 2.31.